The number of nitrogens with one attached hydrogen (secondary N) is 1. The van der Waals surface area contributed by atoms with E-state index >= 15 is 0 Å². The van der Waals surface area contributed by atoms with Gasteiger partial charge in [-0.25, -0.2) is 4.98 Å². The van der Waals surface area contributed by atoms with Crippen molar-refractivity contribution in [1.29, 1.82) is 0 Å². The Balaban J connectivity index is 2.05. The van der Waals surface area contributed by atoms with Crippen molar-refractivity contribution in [2.24, 2.45) is 0 Å². The SMILES string of the molecule is CCCCNC(=O)Cc1c(-c2ccccc2)nc2c(Cl)cc(Cl)cn12. The smallest absolute Gasteiger partial charge is 0.226 e. The Bertz CT molecular complexity index is 891. The van der Waals surface area contributed by atoms with E-state index in [0.29, 0.717) is 22.2 Å². The Hall–Kier alpha value is -2.04. The highest BCUT2D eigenvalue weighted by molar-refractivity contribution is 6.36. The number of halogens is 2. The number of amides is 1. The molecule has 0 spiro atoms. The quantitative estimate of drug-likeness (QED) is 0.630. The lowest BCUT2D eigenvalue weighted by Gasteiger charge is -2.07. The zero-order chi connectivity index (χ0) is 17.8. The second-order valence-corrected chi connectivity index (χ2v) is 6.70. The molecule has 6 heteroatoms. The highest BCUT2D eigenvalue weighted by atomic mass is 35.5. The monoisotopic (exact) mass is 375 g/mol. The molecule has 4 nitrogen and oxygen atoms in total. The van der Waals surface area contributed by atoms with Crippen LogP contribution in [0.5, 0.6) is 0 Å². The van der Waals surface area contributed by atoms with Gasteiger partial charge in [-0.05, 0) is 12.5 Å². The lowest BCUT2D eigenvalue weighted by Crippen LogP contribution is -2.26. The maximum Gasteiger partial charge on any atom is 0.226 e. The Labute approximate surface area is 156 Å². The number of fused-ring (bicyclic) bond motifs is 1. The largest absolute Gasteiger partial charge is 0.356 e. The average molecular weight is 376 g/mol. The molecule has 3 aromatic rings. The van der Waals surface area contributed by atoms with E-state index in [1.54, 1.807) is 12.3 Å². The van der Waals surface area contributed by atoms with Crippen LogP contribution >= 0.6 is 23.2 Å². The summed E-state index contributed by atoms with van der Waals surface area (Å²) in [4.78, 5) is 17.0. The van der Waals surface area contributed by atoms with Crippen LogP contribution in [0.2, 0.25) is 10.0 Å². The average Bonchev–Trinajstić information content (AvgIpc) is 2.95. The number of imidazole rings is 1. The first-order chi connectivity index (χ1) is 12.1. The van der Waals surface area contributed by atoms with E-state index in [1.807, 2.05) is 34.7 Å². The van der Waals surface area contributed by atoms with Gasteiger partial charge in [-0.15, -0.1) is 0 Å². The lowest BCUT2D eigenvalue weighted by molar-refractivity contribution is -0.120. The Kier molecular flexibility index (Phi) is 5.61. The number of hydrogen-bond acceptors (Lipinski definition) is 2. The van der Waals surface area contributed by atoms with Crippen LogP contribution < -0.4 is 5.32 Å². The molecule has 0 saturated carbocycles. The molecule has 2 heterocycles. The van der Waals surface area contributed by atoms with Gasteiger partial charge in [-0.1, -0.05) is 66.9 Å². The molecule has 25 heavy (non-hydrogen) atoms. The molecule has 2 aromatic heterocycles. The summed E-state index contributed by atoms with van der Waals surface area (Å²) >= 11 is 12.5. The van der Waals surface area contributed by atoms with E-state index in [1.165, 1.54) is 0 Å². The van der Waals surface area contributed by atoms with Crippen LogP contribution in [0.1, 0.15) is 25.5 Å². The van der Waals surface area contributed by atoms with Gasteiger partial charge in [-0.3, -0.25) is 4.79 Å². The van der Waals surface area contributed by atoms with Gasteiger partial charge in [0.1, 0.15) is 0 Å². The maximum atomic E-state index is 12.4. The first-order valence-electron chi connectivity index (χ1n) is 8.28. The predicted octanol–water partition coefficient (Wildman–Crippen LogP) is 4.77. The maximum absolute atomic E-state index is 12.4. The van der Waals surface area contributed by atoms with Crippen molar-refractivity contribution < 1.29 is 4.79 Å². The van der Waals surface area contributed by atoms with Crippen LogP contribution in [0, 0.1) is 0 Å². The van der Waals surface area contributed by atoms with Crippen LogP contribution in [0.3, 0.4) is 0 Å². The van der Waals surface area contributed by atoms with Crippen LogP contribution in [0.25, 0.3) is 16.9 Å². The van der Waals surface area contributed by atoms with E-state index in [2.05, 4.69) is 17.2 Å². The van der Waals surface area contributed by atoms with Crippen LogP contribution in [-0.4, -0.2) is 21.8 Å². The predicted molar refractivity (Wildman–Crippen MR) is 102 cm³/mol. The minimum Gasteiger partial charge on any atom is -0.356 e. The molecule has 0 fully saturated rings. The molecule has 0 aliphatic carbocycles. The van der Waals surface area contributed by atoms with Gasteiger partial charge in [0.2, 0.25) is 5.91 Å². The van der Waals surface area contributed by atoms with Crippen LogP contribution in [0.4, 0.5) is 0 Å². The third kappa shape index (κ3) is 3.97. The van der Waals surface area contributed by atoms with Crippen molar-refractivity contribution in [1.82, 2.24) is 14.7 Å². The van der Waals surface area contributed by atoms with E-state index < -0.39 is 0 Å². The highest BCUT2D eigenvalue weighted by Gasteiger charge is 2.19. The fraction of sp³-hybridized carbons (Fsp3) is 0.263. The summed E-state index contributed by atoms with van der Waals surface area (Å²) < 4.78 is 1.81. The second-order valence-electron chi connectivity index (χ2n) is 5.85. The van der Waals surface area contributed by atoms with Gasteiger partial charge in [0.05, 0.1) is 27.9 Å². The first-order valence-corrected chi connectivity index (χ1v) is 9.04. The highest BCUT2D eigenvalue weighted by Crippen LogP contribution is 2.30. The Morgan fingerprint density at radius 1 is 1.24 bits per heavy atom. The number of carbonyl (C=O) groups excluding carboxylic acids is 1. The van der Waals surface area contributed by atoms with E-state index in [0.717, 1.165) is 29.8 Å². The van der Waals surface area contributed by atoms with Crippen molar-refractivity contribution in [2.45, 2.75) is 26.2 Å². The van der Waals surface area contributed by atoms with Crippen molar-refractivity contribution in [3.05, 3.63) is 58.3 Å². The van der Waals surface area contributed by atoms with Crippen LogP contribution in [0.15, 0.2) is 42.6 Å². The number of aromatic nitrogens is 2. The minimum absolute atomic E-state index is 0.0384. The summed E-state index contributed by atoms with van der Waals surface area (Å²) in [6.45, 7) is 2.77. The molecule has 0 unspecified atom stereocenters. The van der Waals surface area contributed by atoms with Gasteiger partial charge in [0, 0.05) is 18.3 Å². The number of hydrogen-bond donors (Lipinski definition) is 1. The van der Waals surface area contributed by atoms with Crippen molar-refractivity contribution in [3.8, 4) is 11.3 Å². The van der Waals surface area contributed by atoms with Crippen molar-refractivity contribution in [3.63, 3.8) is 0 Å². The molecule has 0 radical (unpaired) electrons. The molecular weight excluding hydrogens is 357 g/mol. The van der Waals surface area contributed by atoms with E-state index in [4.69, 9.17) is 23.2 Å². The minimum atomic E-state index is -0.0384. The summed E-state index contributed by atoms with van der Waals surface area (Å²) in [7, 11) is 0. The molecule has 0 aliphatic rings. The number of unbranched alkanes of at least 4 members (excludes halogenated alkanes) is 1. The normalized spacial score (nSPS) is 11.0. The molecule has 0 bridgehead atoms. The summed E-state index contributed by atoms with van der Waals surface area (Å²) in [5, 5.41) is 3.91. The van der Waals surface area contributed by atoms with Crippen molar-refractivity contribution in [2.75, 3.05) is 6.54 Å². The van der Waals surface area contributed by atoms with Gasteiger partial charge >= 0.3 is 0 Å². The second kappa shape index (κ2) is 7.89. The Morgan fingerprint density at radius 2 is 2.00 bits per heavy atom. The molecular formula is C19H19Cl2N3O. The molecule has 0 atom stereocenters. The Morgan fingerprint density at radius 3 is 2.72 bits per heavy atom. The third-order valence-electron chi connectivity index (χ3n) is 3.97. The zero-order valence-electron chi connectivity index (χ0n) is 13.9. The summed E-state index contributed by atoms with van der Waals surface area (Å²) in [5.41, 5.74) is 3.06. The topological polar surface area (TPSA) is 46.4 Å². The number of carbonyl (C=O) groups is 1. The molecule has 0 aliphatic heterocycles. The van der Waals surface area contributed by atoms with Crippen molar-refractivity contribution >= 4 is 34.8 Å². The number of rotatable bonds is 6. The molecule has 3 rings (SSSR count). The standard InChI is InChI=1S/C19H19Cl2N3O/c1-2-3-9-22-17(25)11-16-18(13-7-5-4-6-8-13)23-19-15(21)10-14(20)12-24(16)19/h4-8,10,12H,2-3,9,11H2,1H3,(H,22,25). The molecule has 130 valence electrons. The van der Waals surface area contributed by atoms with E-state index in [9.17, 15) is 4.79 Å². The van der Waals surface area contributed by atoms with Crippen LogP contribution in [-0.2, 0) is 11.2 Å². The number of benzene rings is 1. The van der Waals surface area contributed by atoms with Gasteiger partial charge in [-0.2, -0.15) is 0 Å². The zero-order valence-corrected chi connectivity index (χ0v) is 15.4. The lowest BCUT2D eigenvalue weighted by atomic mass is 10.1. The fourth-order valence-corrected chi connectivity index (χ4v) is 3.25. The summed E-state index contributed by atoms with van der Waals surface area (Å²) in [6.07, 6.45) is 3.96. The van der Waals surface area contributed by atoms with Gasteiger partial charge < -0.3 is 9.72 Å². The number of pyridine rings is 1. The molecule has 1 N–H and O–H groups in total. The van der Waals surface area contributed by atoms with Gasteiger partial charge in [0.15, 0.2) is 5.65 Å². The fourth-order valence-electron chi connectivity index (χ4n) is 2.74. The molecule has 0 saturated heterocycles. The molecule has 1 aromatic carbocycles. The summed E-state index contributed by atoms with van der Waals surface area (Å²) in [6, 6.07) is 11.4. The third-order valence-corrected chi connectivity index (χ3v) is 4.45. The first kappa shape index (κ1) is 17.8. The summed E-state index contributed by atoms with van der Waals surface area (Å²) in [5.74, 6) is -0.0384. The van der Waals surface area contributed by atoms with E-state index in [-0.39, 0.29) is 12.3 Å². The molecule has 1 amide bonds. The number of nitrogens with zero attached hydrogens (tertiary/aromatic N) is 2. The van der Waals surface area contributed by atoms with Gasteiger partial charge in [0.25, 0.3) is 0 Å².